The molecule has 0 saturated heterocycles. The molecule has 1 aliphatic rings. The molecule has 5 nitrogen and oxygen atoms in total. The van der Waals surface area contributed by atoms with E-state index >= 15 is 0 Å². The van der Waals surface area contributed by atoms with E-state index in [1.165, 1.54) is 0 Å². The third-order valence-corrected chi connectivity index (χ3v) is 4.84. The van der Waals surface area contributed by atoms with E-state index in [2.05, 4.69) is 0 Å². The lowest BCUT2D eigenvalue weighted by Crippen LogP contribution is -2.41. The Hall–Kier alpha value is -2.82. The van der Waals surface area contributed by atoms with Crippen molar-refractivity contribution in [1.82, 2.24) is 0 Å². The molecule has 0 heterocycles. The second-order valence-corrected chi connectivity index (χ2v) is 7.34. The maximum atomic E-state index is 13.1. The molecule has 1 aliphatic carbocycles. The minimum absolute atomic E-state index is 0.205. The Morgan fingerprint density at radius 1 is 0.821 bits per heavy atom. The normalized spacial score (nSPS) is 19.1. The molecule has 148 valence electrons. The van der Waals surface area contributed by atoms with E-state index in [0.717, 1.165) is 24.2 Å². The monoisotopic (exact) mass is 381 g/mol. The van der Waals surface area contributed by atoms with Crippen LogP contribution in [-0.4, -0.2) is 24.3 Å². The van der Waals surface area contributed by atoms with Crippen LogP contribution in [0.2, 0.25) is 0 Å². The summed E-state index contributed by atoms with van der Waals surface area (Å²) in [5, 5.41) is 0. The number of para-hydroxylation sites is 2. The highest BCUT2D eigenvalue weighted by atomic mass is 16.6. The molecule has 2 aromatic carbocycles. The molecule has 0 bridgehead atoms. The molecular weight excluding hydrogens is 354 g/mol. The maximum absolute atomic E-state index is 13.1. The second-order valence-electron chi connectivity index (χ2n) is 7.34. The van der Waals surface area contributed by atoms with Crippen LogP contribution < -0.4 is 4.90 Å². The number of benzene rings is 2. The summed E-state index contributed by atoms with van der Waals surface area (Å²) < 4.78 is 11.5. The zero-order chi connectivity index (χ0) is 19.9. The average Bonchev–Trinajstić information content (AvgIpc) is 2.71. The van der Waals surface area contributed by atoms with Crippen molar-refractivity contribution in [3.63, 3.8) is 0 Å². The van der Waals surface area contributed by atoms with Gasteiger partial charge in [-0.2, -0.15) is 0 Å². The molecule has 28 heavy (non-hydrogen) atoms. The standard InChI is InChI=1S/C23H27NO4/c1-17(2)22(25)27-20-15-9-10-16-21(20)28-23(26)24(18-11-5-3-6-12-18)19-13-7-4-8-14-19/h3-8,11-14,17,20-21H,9-10,15-16H2,1-2H3/t20-,21+/m1/s1. The summed E-state index contributed by atoms with van der Waals surface area (Å²) in [6.45, 7) is 3.61. The number of carbonyl (C=O) groups excluding carboxylic acids is 2. The average molecular weight is 381 g/mol. The molecule has 0 aromatic heterocycles. The van der Waals surface area contributed by atoms with Crippen LogP contribution in [0.5, 0.6) is 0 Å². The van der Waals surface area contributed by atoms with E-state index in [4.69, 9.17) is 9.47 Å². The number of carbonyl (C=O) groups is 2. The Balaban J connectivity index is 1.80. The molecule has 0 spiro atoms. The molecule has 0 N–H and O–H groups in total. The number of ether oxygens (including phenoxy) is 2. The molecule has 0 aliphatic heterocycles. The van der Waals surface area contributed by atoms with Crippen LogP contribution in [0.15, 0.2) is 60.7 Å². The predicted octanol–water partition coefficient (Wildman–Crippen LogP) is 5.47. The van der Waals surface area contributed by atoms with Gasteiger partial charge in [0.15, 0.2) is 0 Å². The summed E-state index contributed by atoms with van der Waals surface area (Å²) in [5.74, 6) is -0.459. The number of anilines is 2. The van der Waals surface area contributed by atoms with Gasteiger partial charge in [0, 0.05) is 0 Å². The van der Waals surface area contributed by atoms with Gasteiger partial charge < -0.3 is 9.47 Å². The molecule has 0 unspecified atom stereocenters. The predicted molar refractivity (Wildman–Crippen MR) is 108 cm³/mol. The molecule has 1 amide bonds. The van der Waals surface area contributed by atoms with Gasteiger partial charge in [-0.3, -0.25) is 4.79 Å². The minimum atomic E-state index is -0.463. The number of hydrogen-bond acceptors (Lipinski definition) is 4. The van der Waals surface area contributed by atoms with Crippen molar-refractivity contribution in [3.8, 4) is 0 Å². The maximum Gasteiger partial charge on any atom is 0.419 e. The lowest BCUT2D eigenvalue weighted by atomic mass is 9.94. The van der Waals surface area contributed by atoms with Crippen molar-refractivity contribution in [2.75, 3.05) is 4.90 Å². The first kappa shape index (κ1) is 19.9. The third-order valence-electron chi connectivity index (χ3n) is 4.84. The number of hydrogen-bond donors (Lipinski definition) is 0. The third kappa shape index (κ3) is 4.91. The van der Waals surface area contributed by atoms with E-state index in [0.29, 0.717) is 12.8 Å². The van der Waals surface area contributed by atoms with Crippen molar-refractivity contribution >= 4 is 23.4 Å². The summed E-state index contributed by atoms with van der Waals surface area (Å²) in [6.07, 6.45) is 2.04. The van der Waals surface area contributed by atoms with Crippen LogP contribution >= 0.6 is 0 Å². The van der Waals surface area contributed by atoms with Crippen LogP contribution in [0.3, 0.4) is 0 Å². The lowest BCUT2D eigenvalue weighted by molar-refractivity contribution is -0.161. The minimum Gasteiger partial charge on any atom is -0.458 e. The van der Waals surface area contributed by atoms with Crippen LogP contribution in [0.25, 0.3) is 0 Å². The van der Waals surface area contributed by atoms with E-state index in [-0.39, 0.29) is 18.0 Å². The molecule has 1 saturated carbocycles. The summed E-state index contributed by atoms with van der Waals surface area (Å²) in [5.41, 5.74) is 1.45. The van der Waals surface area contributed by atoms with Gasteiger partial charge in [0.05, 0.1) is 17.3 Å². The van der Waals surface area contributed by atoms with Gasteiger partial charge in [0.25, 0.3) is 0 Å². The number of esters is 1. The van der Waals surface area contributed by atoms with Crippen LogP contribution in [-0.2, 0) is 14.3 Å². The molecule has 1 fully saturated rings. The molecule has 2 atom stereocenters. The van der Waals surface area contributed by atoms with Crippen LogP contribution in [0, 0.1) is 5.92 Å². The van der Waals surface area contributed by atoms with E-state index in [9.17, 15) is 9.59 Å². The molecule has 2 aromatic rings. The first-order chi connectivity index (χ1) is 13.6. The van der Waals surface area contributed by atoms with E-state index in [1.54, 1.807) is 18.7 Å². The summed E-state index contributed by atoms with van der Waals surface area (Å²) in [4.78, 5) is 26.7. The zero-order valence-corrected chi connectivity index (χ0v) is 16.4. The van der Waals surface area contributed by atoms with Crippen molar-refractivity contribution in [1.29, 1.82) is 0 Å². The summed E-state index contributed by atoms with van der Waals surface area (Å²) in [7, 11) is 0. The number of rotatable bonds is 5. The summed E-state index contributed by atoms with van der Waals surface area (Å²) in [6, 6.07) is 18.8. The lowest BCUT2D eigenvalue weighted by Gasteiger charge is -2.33. The van der Waals surface area contributed by atoms with Crippen LogP contribution in [0.4, 0.5) is 16.2 Å². The Labute approximate surface area is 166 Å². The van der Waals surface area contributed by atoms with Gasteiger partial charge in [0.2, 0.25) is 0 Å². The SMILES string of the molecule is CC(C)C(=O)O[C@@H]1CCCC[C@@H]1OC(=O)N(c1ccccc1)c1ccccc1. The first-order valence-corrected chi connectivity index (χ1v) is 9.87. The highest BCUT2D eigenvalue weighted by Gasteiger charge is 2.33. The van der Waals surface area contributed by atoms with E-state index in [1.807, 2.05) is 60.7 Å². The topological polar surface area (TPSA) is 55.8 Å². The van der Waals surface area contributed by atoms with Crippen molar-refractivity contribution < 1.29 is 19.1 Å². The van der Waals surface area contributed by atoms with Crippen molar-refractivity contribution in [2.45, 2.75) is 51.7 Å². The van der Waals surface area contributed by atoms with Crippen molar-refractivity contribution in [2.24, 2.45) is 5.92 Å². The van der Waals surface area contributed by atoms with Gasteiger partial charge in [-0.1, -0.05) is 50.2 Å². The summed E-state index contributed by atoms with van der Waals surface area (Å²) >= 11 is 0. The van der Waals surface area contributed by atoms with Gasteiger partial charge in [-0.05, 0) is 49.9 Å². The smallest absolute Gasteiger partial charge is 0.419 e. The molecule has 0 radical (unpaired) electrons. The fourth-order valence-corrected chi connectivity index (χ4v) is 3.31. The molecule has 5 heteroatoms. The van der Waals surface area contributed by atoms with Crippen LogP contribution in [0.1, 0.15) is 39.5 Å². The Kier molecular flexibility index (Phi) is 6.69. The Bertz CT molecular complexity index is 736. The first-order valence-electron chi connectivity index (χ1n) is 9.87. The molecule has 3 rings (SSSR count). The highest BCUT2D eigenvalue weighted by Crippen LogP contribution is 2.29. The zero-order valence-electron chi connectivity index (χ0n) is 16.4. The molecular formula is C23H27NO4. The largest absolute Gasteiger partial charge is 0.458 e. The van der Waals surface area contributed by atoms with Gasteiger partial charge in [-0.25, -0.2) is 9.69 Å². The fraction of sp³-hybridized carbons (Fsp3) is 0.391. The van der Waals surface area contributed by atoms with Gasteiger partial charge in [-0.15, -0.1) is 0 Å². The number of amides is 1. The van der Waals surface area contributed by atoms with Crippen molar-refractivity contribution in [3.05, 3.63) is 60.7 Å². The second kappa shape index (κ2) is 9.40. The van der Waals surface area contributed by atoms with Gasteiger partial charge in [0.1, 0.15) is 12.2 Å². The highest BCUT2D eigenvalue weighted by molar-refractivity contribution is 5.96. The Morgan fingerprint density at radius 3 is 1.75 bits per heavy atom. The Morgan fingerprint density at radius 2 is 1.29 bits per heavy atom. The van der Waals surface area contributed by atoms with Gasteiger partial charge >= 0.3 is 12.1 Å². The fourth-order valence-electron chi connectivity index (χ4n) is 3.31. The quantitative estimate of drug-likeness (QED) is 0.644. The van der Waals surface area contributed by atoms with E-state index < -0.39 is 12.2 Å². The number of nitrogens with zero attached hydrogens (tertiary/aromatic N) is 1.